The van der Waals surface area contributed by atoms with Crippen molar-refractivity contribution in [2.24, 2.45) is 0 Å². The molecule has 1 aromatic heterocycles. The summed E-state index contributed by atoms with van der Waals surface area (Å²) in [7, 11) is 2.10. The highest BCUT2D eigenvalue weighted by atomic mass is 32.2. The summed E-state index contributed by atoms with van der Waals surface area (Å²) in [5.41, 5.74) is 0.976. The molecule has 0 aliphatic rings. The third kappa shape index (κ3) is 5.32. The van der Waals surface area contributed by atoms with E-state index in [-0.39, 0.29) is 5.97 Å². The highest BCUT2D eigenvalue weighted by Crippen LogP contribution is 2.24. The number of thioether (sulfide) groups is 1. The van der Waals surface area contributed by atoms with Crippen LogP contribution in [0.25, 0.3) is 0 Å². The van der Waals surface area contributed by atoms with E-state index < -0.39 is 0 Å². The van der Waals surface area contributed by atoms with Gasteiger partial charge in [-0.05, 0) is 19.6 Å². The molecule has 0 fully saturated rings. The van der Waals surface area contributed by atoms with Crippen LogP contribution in [0.15, 0.2) is 5.38 Å². The molecular formula is C14H24N2O2S2. The summed E-state index contributed by atoms with van der Waals surface area (Å²) in [6.45, 7) is 4.47. The summed E-state index contributed by atoms with van der Waals surface area (Å²) in [4.78, 5) is 18.2. The van der Waals surface area contributed by atoms with Crippen LogP contribution in [0.2, 0.25) is 0 Å². The van der Waals surface area contributed by atoms with Gasteiger partial charge in [0.15, 0.2) is 5.13 Å². The summed E-state index contributed by atoms with van der Waals surface area (Å²) in [5, 5.41) is 3.07. The Morgan fingerprint density at radius 1 is 1.55 bits per heavy atom. The molecule has 1 aromatic rings. The Morgan fingerprint density at radius 2 is 2.30 bits per heavy atom. The van der Waals surface area contributed by atoms with Gasteiger partial charge in [-0.25, -0.2) is 4.98 Å². The third-order valence-electron chi connectivity index (χ3n) is 3.11. The molecule has 0 bridgehead atoms. The van der Waals surface area contributed by atoms with Crippen molar-refractivity contribution in [3.8, 4) is 0 Å². The normalized spacial score (nSPS) is 12.2. The van der Waals surface area contributed by atoms with Gasteiger partial charge in [-0.2, -0.15) is 11.8 Å². The summed E-state index contributed by atoms with van der Waals surface area (Å²) < 4.78 is 4.93. The van der Waals surface area contributed by atoms with Crippen LogP contribution in [0, 0.1) is 0 Å². The molecule has 4 nitrogen and oxygen atoms in total. The number of aryl methyl sites for hydroxylation is 1. The van der Waals surface area contributed by atoms with E-state index >= 15 is 0 Å². The number of rotatable bonds is 9. The van der Waals surface area contributed by atoms with E-state index in [0.29, 0.717) is 25.5 Å². The lowest BCUT2D eigenvalue weighted by molar-refractivity contribution is -0.143. The van der Waals surface area contributed by atoms with Crippen LogP contribution in [0.1, 0.15) is 32.4 Å². The standard InChI is InChI=1S/C14H24N2O2S2/c1-5-12(10-19-4)16(3)14-15-11(9-20-14)7-8-13(17)18-6-2/h9,12H,5-8,10H2,1-4H3. The van der Waals surface area contributed by atoms with E-state index in [9.17, 15) is 4.79 Å². The monoisotopic (exact) mass is 316 g/mol. The Balaban J connectivity index is 2.55. The predicted molar refractivity (Wildman–Crippen MR) is 87.9 cm³/mol. The van der Waals surface area contributed by atoms with Crippen LogP contribution in [-0.4, -0.2) is 42.7 Å². The molecule has 1 rings (SSSR count). The second-order valence-electron chi connectivity index (χ2n) is 4.55. The highest BCUT2D eigenvalue weighted by molar-refractivity contribution is 7.98. The average molecular weight is 316 g/mol. The second kappa shape index (κ2) is 9.23. The molecule has 0 saturated heterocycles. The fraction of sp³-hybridized carbons (Fsp3) is 0.714. The minimum Gasteiger partial charge on any atom is -0.466 e. The van der Waals surface area contributed by atoms with Crippen molar-refractivity contribution in [2.45, 2.75) is 39.2 Å². The maximum absolute atomic E-state index is 11.3. The number of esters is 1. The zero-order valence-electron chi connectivity index (χ0n) is 12.7. The third-order valence-corrected chi connectivity index (χ3v) is 4.81. The molecule has 0 N–H and O–H groups in total. The van der Waals surface area contributed by atoms with E-state index in [1.807, 2.05) is 24.1 Å². The maximum atomic E-state index is 11.3. The average Bonchev–Trinajstić information content (AvgIpc) is 2.91. The van der Waals surface area contributed by atoms with Crippen molar-refractivity contribution in [2.75, 3.05) is 30.6 Å². The van der Waals surface area contributed by atoms with E-state index in [4.69, 9.17) is 4.74 Å². The first-order valence-electron chi connectivity index (χ1n) is 6.94. The quantitative estimate of drug-likeness (QED) is 0.654. The number of aromatic nitrogens is 1. The number of hydrogen-bond acceptors (Lipinski definition) is 6. The van der Waals surface area contributed by atoms with Gasteiger partial charge in [0, 0.05) is 30.6 Å². The summed E-state index contributed by atoms with van der Waals surface area (Å²) in [5.74, 6) is 0.953. The SMILES string of the molecule is CCOC(=O)CCc1csc(N(C)C(CC)CSC)n1. The Labute approximate surface area is 129 Å². The van der Waals surface area contributed by atoms with Crippen LogP contribution in [0.4, 0.5) is 5.13 Å². The first-order chi connectivity index (χ1) is 9.62. The highest BCUT2D eigenvalue weighted by Gasteiger charge is 2.16. The Kier molecular flexibility index (Phi) is 7.99. The molecule has 0 saturated carbocycles. The van der Waals surface area contributed by atoms with Crippen molar-refractivity contribution >= 4 is 34.2 Å². The van der Waals surface area contributed by atoms with Crippen molar-refractivity contribution in [3.05, 3.63) is 11.1 Å². The Bertz CT molecular complexity index is 410. The summed E-state index contributed by atoms with van der Waals surface area (Å²) in [6.07, 6.45) is 4.30. The lowest BCUT2D eigenvalue weighted by Crippen LogP contribution is -2.33. The fourth-order valence-electron chi connectivity index (χ4n) is 1.89. The largest absolute Gasteiger partial charge is 0.466 e. The van der Waals surface area contributed by atoms with Gasteiger partial charge in [0.25, 0.3) is 0 Å². The number of hydrogen-bond donors (Lipinski definition) is 0. The van der Waals surface area contributed by atoms with E-state index in [1.54, 1.807) is 11.3 Å². The lowest BCUT2D eigenvalue weighted by atomic mass is 10.2. The number of anilines is 1. The number of carbonyl (C=O) groups is 1. The minimum absolute atomic E-state index is 0.149. The zero-order valence-corrected chi connectivity index (χ0v) is 14.4. The van der Waals surface area contributed by atoms with E-state index in [0.717, 1.165) is 23.0 Å². The first kappa shape index (κ1) is 17.3. The molecule has 0 amide bonds. The number of thiazole rings is 1. The molecule has 1 atom stereocenters. The summed E-state index contributed by atoms with van der Waals surface area (Å²) >= 11 is 3.50. The maximum Gasteiger partial charge on any atom is 0.306 e. The number of ether oxygens (including phenoxy) is 1. The van der Waals surface area contributed by atoms with Crippen LogP contribution in [0.3, 0.4) is 0 Å². The second-order valence-corrected chi connectivity index (χ2v) is 6.30. The van der Waals surface area contributed by atoms with Gasteiger partial charge in [0.2, 0.25) is 0 Å². The van der Waals surface area contributed by atoms with Crippen molar-refractivity contribution in [1.29, 1.82) is 0 Å². The van der Waals surface area contributed by atoms with Crippen LogP contribution in [0.5, 0.6) is 0 Å². The topological polar surface area (TPSA) is 42.4 Å². The molecule has 0 spiro atoms. The van der Waals surface area contributed by atoms with Crippen LogP contribution >= 0.6 is 23.1 Å². The Hall–Kier alpha value is -0.750. The van der Waals surface area contributed by atoms with Gasteiger partial charge in [-0.1, -0.05) is 6.92 Å². The first-order valence-corrected chi connectivity index (χ1v) is 9.21. The minimum atomic E-state index is -0.149. The summed E-state index contributed by atoms with van der Waals surface area (Å²) in [6, 6.07) is 0.508. The lowest BCUT2D eigenvalue weighted by Gasteiger charge is -2.26. The van der Waals surface area contributed by atoms with E-state index in [1.165, 1.54) is 0 Å². The Morgan fingerprint density at radius 3 is 2.90 bits per heavy atom. The molecule has 1 unspecified atom stereocenters. The van der Waals surface area contributed by atoms with Gasteiger partial charge in [-0.15, -0.1) is 11.3 Å². The molecule has 1 heterocycles. The smallest absolute Gasteiger partial charge is 0.306 e. The number of nitrogens with zero attached hydrogens (tertiary/aromatic N) is 2. The van der Waals surface area contributed by atoms with Gasteiger partial charge in [0.1, 0.15) is 0 Å². The molecular weight excluding hydrogens is 292 g/mol. The molecule has 0 radical (unpaired) electrons. The van der Waals surface area contributed by atoms with E-state index in [2.05, 4.69) is 30.1 Å². The number of carbonyl (C=O) groups excluding carboxylic acids is 1. The molecule has 20 heavy (non-hydrogen) atoms. The van der Waals surface area contributed by atoms with Gasteiger partial charge in [0.05, 0.1) is 18.7 Å². The van der Waals surface area contributed by atoms with Crippen molar-refractivity contribution in [1.82, 2.24) is 4.98 Å². The molecule has 0 aliphatic carbocycles. The molecule has 0 aliphatic heterocycles. The van der Waals surface area contributed by atoms with Crippen molar-refractivity contribution < 1.29 is 9.53 Å². The van der Waals surface area contributed by atoms with Crippen LogP contribution < -0.4 is 4.90 Å². The van der Waals surface area contributed by atoms with Gasteiger partial charge in [-0.3, -0.25) is 4.79 Å². The van der Waals surface area contributed by atoms with Crippen LogP contribution in [-0.2, 0) is 16.0 Å². The van der Waals surface area contributed by atoms with Gasteiger partial charge < -0.3 is 9.64 Å². The van der Waals surface area contributed by atoms with Crippen molar-refractivity contribution in [3.63, 3.8) is 0 Å². The van der Waals surface area contributed by atoms with Gasteiger partial charge >= 0.3 is 5.97 Å². The zero-order chi connectivity index (χ0) is 15.0. The molecule has 0 aromatic carbocycles. The molecule has 114 valence electrons. The molecule has 6 heteroatoms. The fourth-order valence-corrected chi connectivity index (χ4v) is 3.63. The predicted octanol–water partition coefficient (Wildman–Crippen LogP) is 3.22.